The van der Waals surface area contributed by atoms with E-state index in [1.807, 2.05) is 6.92 Å². The predicted octanol–water partition coefficient (Wildman–Crippen LogP) is 2.35. The molecule has 0 aliphatic heterocycles. The zero-order valence-corrected chi connectivity index (χ0v) is 8.53. The number of halogens is 2. The second-order valence-corrected chi connectivity index (χ2v) is 3.52. The van der Waals surface area contributed by atoms with Crippen LogP contribution in [0.3, 0.4) is 0 Å². The largest absolute Gasteiger partial charge is 0.618 e. The second-order valence-electron chi connectivity index (χ2n) is 2.37. The number of pyridine rings is 1. The lowest BCUT2D eigenvalue weighted by Gasteiger charge is -2.05. The van der Waals surface area contributed by atoms with Gasteiger partial charge in [0.15, 0.2) is 6.20 Å². The molecule has 1 aromatic heterocycles. The molecule has 0 fully saturated rings. The highest BCUT2D eigenvalue weighted by Gasteiger charge is 2.11. The van der Waals surface area contributed by atoms with Crippen molar-refractivity contribution < 1.29 is 4.73 Å². The molecular weight excluding hydrogens is 229 g/mol. The lowest BCUT2D eigenvalue weighted by atomic mass is 10.2. The van der Waals surface area contributed by atoms with Gasteiger partial charge < -0.3 is 5.21 Å². The molecule has 0 saturated carbocycles. The summed E-state index contributed by atoms with van der Waals surface area (Å²) in [6, 6.07) is 0. The van der Waals surface area contributed by atoms with E-state index in [1.165, 1.54) is 6.20 Å². The number of hydrogen-bond acceptors (Lipinski definition) is 1. The number of hydrogen-bond donors (Lipinski definition) is 0. The van der Waals surface area contributed by atoms with Gasteiger partial charge in [-0.05, 0) is 41.4 Å². The molecule has 0 atom stereocenters. The second kappa shape index (κ2) is 2.99. The van der Waals surface area contributed by atoms with E-state index in [-0.39, 0.29) is 5.15 Å². The van der Waals surface area contributed by atoms with Gasteiger partial charge in [-0.25, -0.2) is 0 Å². The Hall–Kier alpha value is -0.280. The first-order valence-corrected chi connectivity index (χ1v) is 4.25. The molecule has 0 bridgehead atoms. The quantitative estimate of drug-likeness (QED) is 0.386. The molecule has 60 valence electrons. The molecule has 2 nitrogen and oxygen atoms in total. The first-order chi connectivity index (χ1) is 5.04. The summed E-state index contributed by atoms with van der Waals surface area (Å²) in [5.41, 5.74) is 1.67. The summed E-state index contributed by atoms with van der Waals surface area (Å²) < 4.78 is 1.56. The fourth-order valence-electron chi connectivity index (χ4n) is 0.841. The standard InChI is InChI=1S/C7H7BrClNO/c1-4-3-10(11)7(9)5(2)6(4)8/h3H,1-2H3. The average molecular weight is 236 g/mol. The van der Waals surface area contributed by atoms with Gasteiger partial charge in [-0.15, -0.1) is 0 Å². The highest BCUT2D eigenvalue weighted by atomic mass is 79.9. The van der Waals surface area contributed by atoms with Crippen molar-refractivity contribution in [1.29, 1.82) is 0 Å². The highest BCUT2D eigenvalue weighted by Crippen LogP contribution is 2.23. The fourth-order valence-corrected chi connectivity index (χ4v) is 1.39. The van der Waals surface area contributed by atoms with Gasteiger partial charge in [-0.1, -0.05) is 0 Å². The first-order valence-electron chi connectivity index (χ1n) is 3.08. The minimum Gasteiger partial charge on any atom is -0.618 e. The van der Waals surface area contributed by atoms with Crippen LogP contribution in [-0.2, 0) is 0 Å². The maximum Gasteiger partial charge on any atom is 0.290 e. The molecule has 1 rings (SSSR count). The SMILES string of the molecule is Cc1c[n+]([O-])c(Cl)c(C)c1Br. The van der Waals surface area contributed by atoms with Gasteiger partial charge >= 0.3 is 0 Å². The maximum absolute atomic E-state index is 11.0. The van der Waals surface area contributed by atoms with E-state index < -0.39 is 0 Å². The molecule has 11 heavy (non-hydrogen) atoms. The van der Waals surface area contributed by atoms with Gasteiger partial charge in [-0.2, -0.15) is 4.73 Å². The number of aromatic nitrogens is 1. The van der Waals surface area contributed by atoms with E-state index in [2.05, 4.69) is 15.9 Å². The van der Waals surface area contributed by atoms with Crippen molar-refractivity contribution in [2.75, 3.05) is 0 Å². The van der Waals surface area contributed by atoms with Crippen molar-refractivity contribution in [2.24, 2.45) is 0 Å². The van der Waals surface area contributed by atoms with Crippen molar-refractivity contribution in [2.45, 2.75) is 13.8 Å². The summed E-state index contributed by atoms with van der Waals surface area (Å²) in [4.78, 5) is 0. The molecule has 4 heteroatoms. The molecule has 0 aromatic carbocycles. The third kappa shape index (κ3) is 1.49. The monoisotopic (exact) mass is 235 g/mol. The highest BCUT2D eigenvalue weighted by molar-refractivity contribution is 9.10. The zero-order chi connectivity index (χ0) is 8.59. The van der Waals surface area contributed by atoms with Crippen LogP contribution in [-0.4, -0.2) is 0 Å². The van der Waals surface area contributed by atoms with Gasteiger partial charge in [0.2, 0.25) is 0 Å². The van der Waals surface area contributed by atoms with Crippen LogP contribution in [0.4, 0.5) is 0 Å². The lowest BCUT2D eigenvalue weighted by Crippen LogP contribution is -2.28. The summed E-state index contributed by atoms with van der Waals surface area (Å²) in [6.45, 7) is 3.65. The molecule has 1 aromatic rings. The van der Waals surface area contributed by atoms with Crippen LogP contribution in [0.25, 0.3) is 0 Å². The van der Waals surface area contributed by atoms with Gasteiger partial charge in [-0.3, -0.25) is 0 Å². The number of rotatable bonds is 0. The van der Waals surface area contributed by atoms with Gasteiger partial charge in [0, 0.05) is 15.6 Å². The van der Waals surface area contributed by atoms with E-state index in [0.29, 0.717) is 4.73 Å². The Bertz CT molecular complexity index is 275. The average Bonchev–Trinajstić information content (AvgIpc) is 1.97. The van der Waals surface area contributed by atoms with Crippen LogP contribution in [0.1, 0.15) is 11.1 Å². The smallest absolute Gasteiger partial charge is 0.290 e. The Labute approximate surface area is 78.5 Å². The normalized spacial score (nSPS) is 10.2. The van der Waals surface area contributed by atoms with Crippen LogP contribution >= 0.6 is 27.5 Å². The van der Waals surface area contributed by atoms with Gasteiger partial charge in [0.05, 0.1) is 0 Å². The lowest BCUT2D eigenvalue weighted by molar-refractivity contribution is -0.603. The molecule has 0 unspecified atom stereocenters. The van der Waals surface area contributed by atoms with Gasteiger partial charge in [0.1, 0.15) is 0 Å². The molecule has 0 amide bonds. The van der Waals surface area contributed by atoms with Gasteiger partial charge in [0.25, 0.3) is 5.15 Å². The molecule has 0 aliphatic rings. The fraction of sp³-hybridized carbons (Fsp3) is 0.286. The number of aryl methyl sites for hydroxylation is 1. The molecule has 0 radical (unpaired) electrons. The van der Waals surface area contributed by atoms with E-state index in [1.54, 1.807) is 6.92 Å². The van der Waals surface area contributed by atoms with Crippen LogP contribution < -0.4 is 4.73 Å². The molecular formula is C7H7BrClNO. The minimum atomic E-state index is 0.225. The summed E-state index contributed by atoms with van der Waals surface area (Å²) in [6.07, 6.45) is 1.44. The van der Waals surface area contributed by atoms with E-state index in [4.69, 9.17) is 11.6 Å². The Morgan fingerprint density at radius 3 is 2.64 bits per heavy atom. The Morgan fingerprint density at radius 1 is 1.55 bits per heavy atom. The van der Waals surface area contributed by atoms with Crippen LogP contribution in [0.15, 0.2) is 10.7 Å². The Kier molecular flexibility index (Phi) is 2.40. The van der Waals surface area contributed by atoms with E-state index in [0.717, 1.165) is 15.6 Å². The zero-order valence-electron chi connectivity index (χ0n) is 6.19. The van der Waals surface area contributed by atoms with Crippen molar-refractivity contribution in [1.82, 2.24) is 0 Å². The van der Waals surface area contributed by atoms with Crippen molar-refractivity contribution in [3.05, 3.63) is 32.2 Å². The third-order valence-electron chi connectivity index (χ3n) is 1.49. The topological polar surface area (TPSA) is 26.9 Å². The molecule has 0 saturated heterocycles. The summed E-state index contributed by atoms with van der Waals surface area (Å²) in [7, 11) is 0. The van der Waals surface area contributed by atoms with E-state index in [9.17, 15) is 5.21 Å². The van der Waals surface area contributed by atoms with Crippen molar-refractivity contribution in [3.8, 4) is 0 Å². The summed E-state index contributed by atoms with van der Waals surface area (Å²) >= 11 is 9.00. The predicted molar refractivity (Wildman–Crippen MR) is 47.6 cm³/mol. The van der Waals surface area contributed by atoms with Crippen LogP contribution in [0.2, 0.25) is 5.15 Å². The minimum absolute atomic E-state index is 0.225. The van der Waals surface area contributed by atoms with Crippen LogP contribution in [0, 0.1) is 19.1 Å². The molecule has 0 spiro atoms. The van der Waals surface area contributed by atoms with E-state index >= 15 is 0 Å². The summed E-state index contributed by atoms with van der Waals surface area (Å²) in [5, 5.41) is 11.2. The number of nitrogens with zero attached hydrogens (tertiary/aromatic N) is 1. The van der Waals surface area contributed by atoms with Crippen LogP contribution in [0.5, 0.6) is 0 Å². The molecule has 0 aliphatic carbocycles. The Balaban J connectivity index is 3.46. The van der Waals surface area contributed by atoms with Crippen molar-refractivity contribution in [3.63, 3.8) is 0 Å². The van der Waals surface area contributed by atoms with Crippen molar-refractivity contribution >= 4 is 27.5 Å². The first kappa shape index (κ1) is 8.81. The Morgan fingerprint density at radius 2 is 2.09 bits per heavy atom. The molecule has 0 N–H and O–H groups in total. The maximum atomic E-state index is 11.0. The molecule has 1 heterocycles. The third-order valence-corrected chi connectivity index (χ3v) is 3.16. The summed E-state index contributed by atoms with van der Waals surface area (Å²) in [5.74, 6) is 0.